The number of hydrogen-bond acceptors (Lipinski definition) is 4. The molecule has 136 valence electrons. The number of carbonyl (C=O) groups is 3. The smallest absolute Gasteiger partial charge is 0.307 e. The van der Waals surface area contributed by atoms with E-state index in [-0.39, 0.29) is 30.7 Å². The molecule has 0 heterocycles. The number of nitrogens with zero attached hydrogens (tertiary/aromatic N) is 1. The molecule has 0 unspecified atom stereocenters. The number of hydrogen-bond donors (Lipinski definition) is 1. The molecular formula is C19H26N2O4. The summed E-state index contributed by atoms with van der Waals surface area (Å²) in [6, 6.07) is 7.80. The van der Waals surface area contributed by atoms with E-state index in [1.54, 1.807) is 13.0 Å². The van der Waals surface area contributed by atoms with Crippen molar-refractivity contribution in [2.75, 3.05) is 26.2 Å². The summed E-state index contributed by atoms with van der Waals surface area (Å²) in [7, 11) is 0. The summed E-state index contributed by atoms with van der Waals surface area (Å²) in [5.74, 6) is -0.717. The van der Waals surface area contributed by atoms with Crippen LogP contribution in [0.15, 0.2) is 30.3 Å². The second-order valence-corrected chi connectivity index (χ2v) is 5.61. The van der Waals surface area contributed by atoms with Crippen molar-refractivity contribution in [2.45, 2.75) is 27.2 Å². The molecule has 0 aromatic heterocycles. The number of aryl methyl sites for hydroxylation is 1. The fraction of sp³-hybridized carbons (Fsp3) is 0.421. The van der Waals surface area contributed by atoms with Crippen molar-refractivity contribution in [1.29, 1.82) is 0 Å². The van der Waals surface area contributed by atoms with Crippen LogP contribution in [0.4, 0.5) is 0 Å². The van der Waals surface area contributed by atoms with Crippen molar-refractivity contribution in [3.05, 3.63) is 41.5 Å². The van der Waals surface area contributed by atoms with Crippen LogP contribution in [-0.4, -0.2) is 48.9 Å². The first kappa shape index (κ1) is 20.4. The number of carbonyl (C=O) groups excluding carboxylic acids is 3. The molecule has 6 nitrogen and oxygen atoms in total. The predicted molar refractivity (Wildman–Crippen MR) is 96.7 cm³/mol. The molecule has 0 aliphatic rings. The van der Waals surface area contributed by atoms with Crippen molar-refractivity contribution in [3.8, 4) is 0 Å². The maximum atomic E-state index is 12.4. The Hall–Kier alpha value is -2.63. The molecule has 0 radical (unpaired) electrons. The molecule has 0 saturated carbocycles. The van der Waals surface area contributed by atoms with Gasteiger partial charge in [0.25, 0.3) is 0 Å². The van der Waals surface area contributed by atoms with E-state index in [2.05, 4.69) is 5.32 Å². The lowest BCUT2D eigenvalue weighted by Gasteiger charge is -2.21. The summed E-state index contributed by atoms with van der Waals surface area (Å²) in [5, 5.41) is 2.65. The topological polar surface area (TPSA) is 75.7 Å². The highest BCUT2D eigenvalue weighted by atomic mass is 16.5. The fourth-order valence-corrected chi connectivity index (χ4v) is 2.11. The Morgan fingerprint density at radius 1 is 1.16 bits per heavy atom. The summed E-state index contributed by atoms with van der Waals surface area (Å²) in [6.07, 6.45) is 3.33. The molecule has 1 aromatic rings. The number of benzene rings is 1. The zero-order valence-corrected chi connectivity index (χ0v) is 15.1. The molecule has 25 heavy (non-hydrogen) atoms. The Bertz CT molecular complexity index is 608. The van der Waals surface area contributed by atoms with E-state index in [1.807, 2.05) is 31.2 Å². The maximum absolute atomic E-state index is 12.4. The molecule has 0 atom stereocenters. The van der Waals surface area contributed by atoms with Crippen LogP contribution in [-0.2, 0) is 19.1 Å². The van der Waals surface area contributed by atoms with E-state index < -0.39 is 0 Å². The average molecular weight is 346 g/mol. The maximum Gasteiger partial charge on any atom is 0.307 e. The lowest BCUT2D eigenvalue weighted by molar-refractivity contribution is -0.143. The highest BCUT2D eigenvalue weighted by Gasteiger charge is 2.13. The Labute approximate surface area is 148 Å². The number of nitrogens with one attached hydrogen (secondary N) is 1. The summed E-state index contributed by atoms with van der Waals surface area (Å²) < 4.78 is 4.89. The van der Waals surface area contributed by atoms with Gasteiger partial charge in [-0.25, -0.2) is 0 Å². The van der Waals surface area contributed by atoms with Gasteiger partial charge in [-0.1, -0.05) is 29.8 Å². The fourth-order valence-electron chi connectivity index (χ4n) is 2.11. The minimum absolute atomic E-state index is 0.123. The number of ether oxygens (including phenoxy) is 1. The van der Waals surface area contributed by atoms with E-state index in [1.165, 1.54) is 17.9 Å². The second kappa shape index (κ2) is 11.0. The van der Waals surface area contributed by atoms with Crippen molar-refractivity contribution < 1.29 is 19.1 Å². The standard InChI is InChI=1S/C19H26N2O4/c1-4-25-19(24)11-13-21(14-12-20-16(3)22)18(23)10-9-17-7-5-15(2)6-8-17/h5-10H,4,11-14H2,1-3H3,(H,20,22)/b10-9+. The second-order valence-electron chi connectivity index (χ2n) is 5.61. The highest BCUT2D eigenvalue weighted by molar-refractivity contribution is 5.92. The van der Waals surface area contributed by atoms with Gasteiger partial charge in [0, 0.05) is 32.6 Å². The number of rotatable bonds is 9. The molecule has 0 bridgehead atoms. The van der Waals surface area contributed by atoms with Crippen LogP contribution in [0.1, 0.15) is 31.4 Å². The molecule has 0 saturated heterocycles. The quantitative estimate of drug-likeness (QED) is 0.547. The van der Waals surface area contributed by atoms with Crippen LogP contribution < -0.4 is 5.32 Å². The first-order chi connectivity index (χ1) is 11.9. The molecule has 1 N–H and O–H groups in total. The molecule has 0 spiro atoms. The first-order valence-corrected chi connectivity index (χ1v) is 8.36. The molecule has 2 amide bonds. The van der Waals surface area contributed by atoms with Crippen molar-refractivity contribution in [2.24, 2.45) is 0 Å². The Morgan fingerprint density at radius 2 is 1.84 bits per heavy atom. The minimum atomic E-state index is -0.345. The van der Waals surface area contributed by atoms with E-state index in [4.69, 9.17) is 4.74 Å². The van der Waals surface area contributed by atoms with Gasteiger partial charge in [0.05, 0.1) is 13.0 Å². The van der Waals surface area contributed by atoms with Crippen LogP contribution in [0.5, 0.6) is 0 Å². The first-order valence-electron chi connectivity index (χ1n) is 8.36. The average Bonchev–Trinajstić information content (AvgIpc) is 2.57. The van der Waals surface area contributed by atoms with Gasteiger partial charge in [0.15, 0.2) is 0 Å². The van der Waals surface area contributed by atoms with Crippen molar-refractivity contribution in [3.63, 3.8) is 0 Å². The van der Waals surface area contributed by atoms with E-state index in [9.17, 15) is 14.4 Å². The molecule has 0 fully saturated rings. The van der Waals surface area contributed by atoms with Gasteiger partial charge in [-0.3, -0.25) is 14.4 Å². The van der Waals surface area contributed by atoms with E-state index in [0.29, 0.717) is 19.7 Å². The third kappa shape index (κ3) is 8.69. The number of esters is 1. The van der Waals surface area contributed by atoms with Gasteiger partial charge < -0.3 is 15.0 Å². The van der Waals surface area contributed by atoms with Crippen molar-refractivity contribution >= 4 is 23.9 Å². The third-order valence-electron chi connectivity index (χ3n) is 3.45. The zero-order valence-electron chi connectivity index (χ0n) is 15.1. The third-order valence-corrected chi connectivity index (χ3v) is 3.45. The van der Waals surface area contributed by atoms with Gasteiger partial charge in [-0.15, -0.1) is 0 Å². The lowest BCUT2D eigenvalue weighted by Crippen LogP contribution is -2.38. The van der Waals surface area contributed by atoms with Gasteiger partial charge in [0.1, 0.15) is 0 Å². The van der Waals surface area contributed by atoms with Gasteiger partial charge in [-0.2, -0.15) is 0 Å². The van der Waals surface area contributed by atoms with Gasteiger partial charge in [-0.05, 0) is 25.5 Å². The SMILES string of the molecule is CCOC(=O)CCN(CCNC(C)=O)C(=O)/C=C/c1ccc(C)cc1. The molecule has 1 aromatic carbocycles. The van der Waals surface area contributed by atoms with Gasteiger partial charge >= 0.3 is 5.97 Å². The number of amides is 2. The predicted octanol–water partition coefficient (Wildman–Crippen LogP) is 1.93. The lowest BCUT2D eigenvalue weighted by atomic mass is 10.1. The Kier molecular flexibility index (Phi) is 9.00. The van der Waals surface area contributed by atoms with Gasteiger partial charge in [0.2, 0.25) is 11.8 Å². The van der Waals surface area contributed by atoms with Crippen LogP contribution in [0, 0.1) is 6.92 Å². The summed E-state index contributed by atoms with van der Waals surface area (Å²) >= 11 is 0. The van der Waals surface area contributed by atoms with E-state index >= 15 is 0 Å². The van der Waals surface area contributed by atoms with Crippen molar-refractivity contribution in [1.82, 2.24) is 10.2 Å². The van der Waals surface area contributed by atoms with Crippen LogP contribution in [0.3, 0.4) is 0 Å². The van der Waals surface area contributed by atoms with Crippen LogP contribution in [0.2, 0.25) is 0 Å². The Balaban J connectivity index is 2.67. The molecule has 0 aliphatic carbocycles. The monoisotopic (exact) mass is 346 g/mol. The normalized spacial score (nSPS) is 10.5. The van der Waals surface area contributed by atoms with Crippen LogP contribution in [0.25, 0.3) is 6.08 Å². The summed E-state index contributed by atoms with van der Waals surface area (Å²) in [5.41, 5.74) is 2.07. The molecule has 1 rings (SSSR count). The zero-order chi connectivity index (χ0) is 18.7. The molecule has 0 aliphatic heterocycles. The highest BCUT2D eigenvalue weighted by Crippen LogP contribution is 2.06. The molecular weight excluding hydrogens is 320 g/mol. The Morgan fingerprint density at radius 3 is 2.44 bits per heavy atom. The summed E-state index contributed by atoms with van der Waals surface area (Å²) in [4.78, 5) is 36.4. The summed E-state index contributed by atoms with van der Waals surface area (Å²) in [6.45, 7) is 6.38. The van der Waals surface area contributed by atoms with E-state index in [0.717, 1.165) is 11.1 Å². The minimum Gasteiger partial charge on any atom is -0.466 e. The largest absolute Gasteiger partial charge is 0.466 e. The van der Waals surface area contributed by atoms with Crippen LogP contribution >= 0.6 is 0 Å². The molecule has 6 heteroatoms.